The van der Waals surface area contributed by atoms with Crippen LogP contribution in [0, 0.1) is 11.7 Å². The van der Waals surface area contributed by atoms with Crippen molar-refractivity contribution >= 4 is 11.6 Å². The molecule has 92 valence electrons. The molecule has 5 heteroatoms. The highest BCUT2D eigenvalue weighted by molar-refractivity contribution is 5.93. The second kappa shape index (κ2) is 4.71. The van der Waals surface area contributed by atoms with Gasteiger partial charge in [0.05, 0.1) is 5.69 Å². The molecule has 1 amide bonds. The quantitative estimate of drug-likeness (QED) is 0.716. The summed E-state index contributed by atoms with van der Waals surface area (Å²) in [5.74, 6) is -0.566. The first-order valence-electron chi connectivity index (χ1n) is 5.67. The van der Waals surface area contributed by atoms with E-state index in [1.54, 1.807) is 0 Å². The average molecular weight is 237 g/mol. The fourth-order valence-corrected chi connectivity index (χ4v) is 1.85. The molecule has 1 aliphatic carbocycles. The summed E-state index contributed by atoms with van der Waals surface area (Å²) in [7, 11) is 0. The number of primary amides is 1. The van der Waals surface area contributed by atoms with Gasteiger partial charge in [0.2, 0.25) is 5.91 Å². The van der Waals surface area contributed by atoms with Crippen LogP contribution < -0.4 is 16.8 Å². The molecule has 0 aromatic heterocycles. The Labute approximate surface area is 99.2 Å². The van der Waals surface area contributed by atoms with Gasteiger partial charge in [-0.2, -0.15) is 0 Å². The molecule has 0 spiro atoms. The number of hydrogen-bond donors (Lipinski definition) is 3. The van der Waals surface area contributed by atoms with Gasteiger partial charge < -0.3 is 16.8 Å². The fourth-order valence-electron chi connectivity index (χ4n) is 1.85. The van der Waals surface area contributed by atoms with Crippen LogP contribution in [-0.4, -0.2) is 18.5 Å². The molecule has 1 aromatic carbocycles. The Morgan fingerprint density at radius 3 is 2.71 bits per heavy atom. The minimum Gasteiger partial charge on any atom is -0.378 e. The smallest absolute Gasteiger partial charge is 0.248 e. The van der Waals surface area contributed by atoms with Crippen LogP contribution in [0.2, 0.25) is 0 Å². The molecule has 0 saturated heterocycles. The van der Waals surface area contributed by atoms with Gasteiger partial charge in [-0.05, 0) is 37.0 Å². The van der Waals surface area contributed by atoms with E-state index in [0.717, 1.165) is 18.9 Å². The zero-order chi connectivity index (χ0) is 12.4. The van der Waals surface area contributed by atoms with E-state index in [1.807, 2.05) is 0 Å². The molecule has 17 heavy (non-hydrogen) atoms. The molecule has 1 unspecified atom stereocenters. The fraction of sp³-hybridized carbons (Fsp3) is 0.417. The maximum absolute atomic E-state index is 13.7. The number of benzene rings is 1. The number of carbonyl (C=O) groups excluding carboxylic acids is 1. The lowest BCUT2D eigenvalue weighted by atomic mass is 10.1. The Kier molecular flexibility index (Phi) is 3.28. The first-order valence-corrected chi connectivity index (χ1v) is 5.67. The molecule has 0 aliphatic heterocycles. The van der Waals surface area contributed by atoms with Gasteiger partial charge in [-0.15, -0.1) is 0 Å². The summed E-state index contributed by atoms with van der Waals surface area (Å²) in [5.41, 5.74) is 11.2. The second-order valence-corrected chi connectivity index (χ2v) is 4.38. The van der Waals surface area contributed by atoms with Crippen molar-refractivity contribution in [1.82, 2.24) is 0 Å². The summed E-state index contributed by atoms with van der Waals surface area (Å²) in [6, 6.07) is 4.28. The monoisotopic (exact) mass is 237 g/mol. The lowest BCUT2D eigenvalue weighted by molar-refractivity contribution is 0.1000. The van der Waals surface area contributed by atoms with E-state index in [4.69, 9.17) is 11.5 Å². The molecule has 1 fully saturated rings. The molecule has 4 nitrogen and oxygen atoms in total. The van der Waals surface area contributed by atoms with Crippen molar-refractivity contribution in [3.63, 3.8) is 0 Å². The molecule has 2 rings (SSSR count). The van der Waals surface area contributed by atoms with Gasteiger partial charge in [0.15, 0.2) is 0 Å². The number of hydrogen-bond acceptors (Lipinski definition) is 3. The normalized spacial score (nSPS) is 16.6. The van der Waals surface area contributed by atoms with Crippen molar-refractivity contribution < 1.29 is 9.18 Å². The van der Waals surface area contributed by atoms with Crippen molar-refractivity contribution in [2.75, 3.05) is 11.9 Å². The first kappa shape index (κ1) is 11.9. The zero-order valence-corrected chi connectivity index (χ0v) is 9.45. The van der Waals surface area contributed by atoms with E-state index in [-0.39, 0.29) is 11.6 Å². The van der Waals surface area contributed by atoms with Crippen LogP contribution in [0.15, 0.2) is 18.2 Å². The number of nitrogens with one attached hydrogen (secondary N) is 1. The first-order chi connectivity index (χ1) is 8.11. The van der Waals surface area contributed by atoms with Crippen LogP contribution in [0.1, 0.15) is 23.2 Å². The Bertz CT molecular complexity index is 432. The van der Waals surface area contributed by atoms with E-state index in [0.29, 0.717) is 18.2 Å². The molecular weight excluding hydrogens is 221 g/mol. The Balaban J connectivity index is 2.12. The minimum absolute atomic E-state index is 0.101. The standard InChI is InChI=1S/C12H16FN3O/c13-9-5-8(12(15)17)3-4-10(9)16-11(6-14)7-1-2-7/h3-5,7,11,16H,1-2,6,14H2,(H2,15,17). The van der Waals surface area contributed by atoms with Crippen LogP contribution in [0.25, 0.3) is 0 Å². The molecule has 1 saturated carbocycles. The molecule has 0 radical (unpaired) electrons. The lowest BCUT2D eigenvalue weighted by Gasteiger charge is -2.18. The molecule has 0 heterocycles. The molecule has 1 aliphatic rings. The minimum atomic E-state index is -0.631. The SMILES string of the molecule is NCC(Nc1ccc(C(N)=O)cc1F)C1CC1. The van der Waals surface area contributed by atoms with E-state index < -0.39 is 11.7 Å². The number of carbonyl (C=O) groups is 1. The summed E-state index contributed by atoms with van der Waals surface area (Å²) < 4.78 is 13.7. The summed E-state index contributed by atoms with van der Waals surface area (Å²) in [6.45, 7) is 0.474. The van der Waals surface area contributed by atoms with E-state index in [1.165, 1.54) is 12.1 Å². The second-order valence-electron chi connectivity index (χ2n) is 4.38. The number of nitrogens with two attached hydrogens (primary N) is 2. The van der Waals surface area contributed by atoms with Crippen LogP contribution in [0.5, 0.6) is 0 Å². The van der Waals surface area contributed by atoms with Gasteiger partial charge in [-0.25, -0.2) is 4.39 Å². The van der Waals surface area contributed by atoms with Crippen LogP contribution in [0.3, 0.4) is 0 Å². The highest BCUT2D eigenvalue weighted by atomic mass is 19.1. The zero-order valence-electron chi connectivity index (χ0n) is 9.45. The number of amides is 1. The molecule has 1 aromatic rings. The van der Waals surface area contributed by atoms with E-state index in [9.17, 15) is 9.18 Å². The number of halogens is 1. The van der Waals surface area contributed by atoms with Gasteiger partial charge >= 0.3 is 0 Å². The van der Waals surface area contributed by atoms with E-state index >= 15 is 0 Å². The maximum Gasteiger partial charge on any atom is 0.248 e. The van der Waals surface area contributed by atoms with Gasteiger partial charge in [0.1, 0.15) is 5.82 Å². The number of anilines is 1. The van der Waals surface area contributed by atoms with Crippen molar-refractivity contribution in [1.29, 1.82) is 0 Å². The van der Waals surface area contributed by atoms with Gasteiger partial charge in [0.25, 0.3) is 0 Å². The lowest BCUT2D eigenvalue weighted by Crippen LogP contribution is -2.31. The predicted octanol–water partition coefficient (Wildman–Crippen LogP) is 1.07. The Morgan fingerprint density at radius 1 is 1.53 bits per heavy atom. The molecule has 0 bridgehead atoms. The number of rotatable bonds is 5. The van der Waals surface area contributed by atoms with Crippen molar-refractivity contribution in [3.8, 4) is 0 Å². The van der Waals surface area contributed by atoms with Crippen LogP contribution in [-0.2, 0) is 0 Å². The molecular formula is C12H16FN3O. The Hall–Kier alpha value is -1.62. The third-order valence-corrected chi connectivity index (χ3v) is 3.04. The van der Waals surface area contributed by atoms with Crippen LogP contribution >= 0.6 is 0 Å². The highest BCUT2D eigenvalue weighted by Crippen LogP contribution is 2.34. The van der Waals surface area contributed by atoms with Gasteiger partial charge in [-0.3, -0.25) is 4.79 Å². The third-order valence-electron chi connectivity index (χ3n) is 3.04. The van der Waals surface area contributed by atoms with Crippen molar-refractivity contribution in [2.45, 2.75) is 18.9 Å². The van der Waals surface area contributed by atoms with Gasteiger partial charge in [-0.1, -0.05) is 0 Å². The van der Waals surface area contributed by atoms with E-state index in [2.05, 4.69) is 5.32 Å². The maximum atomic E-state index is 13.7. The summed E-state index contributed by atoms with van der Waals surface area (Å²) >= 11 is 0. The Morgan fingerprint density at radius 2 is 2.24 bits per heavy atom. The molecule has 1 atom stereocenters. The van der Waals surface area contributed by atoms with Crippen molar-refractivity contribution in [3.05, 3.63) is 29.6 Å². The van der Waals surface area contributed by atoms with Crippen molar-refractivity contribution in [2.24, 2.45) is 17.4 Å². The predicted molar refractivity (Wildman–Crippen MR) is 64.1 cm³/mol. The topological polar surface area (TPSA) is 81.1 Å². The largest absolute Gasteiger partial charge is 0.378 e. The molecule has 5 N–H and O–H groups in total. The highest BCUT2D eigenvalue weighted by Gasteiger charge is 2.30. The van der Waals surface area contributed by atoms with Crippen LogP contribution in [0.4, 0.5) is 10.1 Å². The third kappa shape index (κ3) is 2.74. The average Bonchev–Trinajstić information content (AvgIpc) is 3.11. The summed E-state index contributed by atoms with van der Waals surface area (Å²) in [5, 5.41) is 3.07. The van der Waals surface area contributed by atoms with Gasteiger partial charge in [0, 0.05) is 18.2 Å². The summed E-state index contributed by atoms with van der Waals surface area (Å²) in [6.07, 6.45) is 2.27. The summed E-state index contributed by atoms with van der Waals surface area (Å²) in [4.78, 5) is 10.9.